The topological polar surface area (TPSA) is 50.2 Å². The molecule has 1 fully saturated rings. The molecule has 0 unspecified atom stereocenters. The van der Waals surface area contributed by atoms with Crippen LogP contribution in [0.15, 0.2) is 30.3 Å². The maximum absolute atomic E-state index is 12.2. The van der Waals surface area contributed by atoms with Crippen LogP contribution in [0.1, 0.15) is 41.6 Å². The predicted octanol–water partition coefficient (Wildman–Crippen LogP) is 3.70. The molecule has 0 aliphatic carbocycles. The van der Waals surface area contributed by atoms with Crippen LogP contribution in [0.4, 0.5) is 0 Å². The van der Waals surface area contributed by atoms with E-state index < -0.39 is 0 Å². The molecule has 5 nitrogen and oxygen atoms in total. The molecule has 0 radical (unpaired) electrons. The van der Waals surface area contributed by atoms with Crippen LogP contribution < -0.4 is 5.32 Å². The zero-order chi connectivity index (χ0) is 19.2. The lowest BCUT2D eigenvalue weighted by atomic mass is 10.0. The summed E-state index contributed by atoms with van der Waals surface area (Å²) >= 11 is 6.20. The van der Waals surface area contributed by atoms with E-state index in [2.05, 4.69) is 33.5 Å². The fourth-order valence-electron chi connectivity index (χ4n) is 3.48. The van der Waals surface area contributed by atoms with Gasteiger partial charge in [-0.1, -0.05) is 42.3 Å². The Hall–Kier alpha value is -2.11. The number of likely N-dealkylation sites (tertiary alicyclic amines) is 1. The Kier molecular flexibility index (Phi) is 6.69. The number of hydrogen-bond acceptors (Lipinski definition) is 3. The van der Waals surface area contributed by atoms with Crippen molar-refractivity contribution in [3.8, 4) is 0 Å². The molecule has 144 valence electrons. The van der Waals surface area contributed by atoms with Crippen molar-refractivity contribution in [1.29, 1.82) is 0 Å². The van der Waals surface area contributed by atoms with Crippen LogP contribution in [-0.2, 0) is 24.9 Å². The van der Waals surface area contributed by atoms with E-state index in [0.717, 1.165) is 30.9 Å². The van der Waals surface area contributed by atoms with Crippen LogP contribution in [0.3, 0.4) is 0 Å². The Bertz CT molecular complexity index is 822. The molecule has 0 bridgehead atoms. The first-order chi connectivity index (χ1) is 13.0. The molecule has 1 amide bonds. The van der Waals surface area contributed by atoms with Crippen LogP contribution in [-0.4, -0.2) is 33.7 Å². The fraction of sp³-hybridized carbons (Fsp3) is 0.429. The molecule has 6 heteroatoms. The zero-order valence-electron chi connectivity index (χ0n) is 16.0. The summed E-state index contributed by atoms with van der Waals surface area (Å²) in [7, 11) is 1.78. The Labute approximate surface area is 166 Å². The Balaban J connectivity index is 1.59. The van der Waals surface area contributed by atoms with E-state index in [1.54, 1.807) is 17.8 Å². The Morgan fingerprint density at radius 2 is 1.93 bits per heavy atom. The summed E-state index contributed by atoms with van der Waals surface area (Å²) in [5.74, 6) is -0.137. The van der Waals surface area contributed by atoms with Gasteiger partial charge in [0.2, 0.25) is 5.91 Å². The summed E-state index contributed by atoms with van der Waals surface area (Å²) in [5, 5.41) is 7.76. The number of amides is 1. The summed E-state index contributed by atoms with van der Waals surface area (Å²) in [6.07, 6.45) is 7.13. The minimum atomic E-state index is -0.137. The molecule has 1 aromatic carbocycles. The van der Waals surface area contributed by atoms with E-state index in [4.69, 9.17) is 11.6 Å². The molecule has 2 aromatic rings. The van der Waals surface area contributed by atoms with E-state index in [9.17, 15) is 4.79 Å². The first-order valence-electron chi connectivity index (χ1n) is 9.48. The molecule has 1 saturated heterocycles. The Morgan fingerprint density at radius 1 is 1.22 bits per heavy atom. The van der Waals surface area contributed by atoms with Gasteiger partial charge in [0, 0.05) is 31.8 Å². The van der Waals surface area contributed by atoms with E-state index >= 15 is 0 Å². The third kappa shape index (κ3) is 5.21. The van der Waals surface area contributed by atoms with Crippen molar-refractivity contribution in [2.75, 3.05) is 13.1 Å². The highest BCUT2D eigenvalue weighted by Crippen LogP contribution is 2.20. The Morgan fingerprint density at radius 3 is 2.59 bits per heavy atom. The average Bonchev–Trinajstić information content (AvgIpc) is 2.92. The summed E-state index contributed by atoms with van der Waals surface area (Å²) < 4.78 is 1.60. The zero-order valence-corrected chi connectivity index (χ0v) is 16.8. The van der Waals surface area contributed by atoms with Crippen LogP contribution >= 0.6 is 11.6 Å². The van der Waals surface area contributed by atoms with Gasteiger partial charge in [0.1, 0.15) is 5.15 Å². The van der Waals surface area contributed by atoms with Crippen molar-refractivity contribution in [3.05, 3.63) is 57.9 Å². The minimum absolute atomic E-state index is 0.137. The molecule has 0 atom stereocenters. The smallest absolute Gasteiger partial charge is 0.244 e. The lowest BCUT2D eigenvalue weighted by Crippen LogP contribution is -2.30. The molecule has 1 aliphatic heterocycles. The molecule has 0 spiro atoms. The van der Waals surface area contributed by atoms with Gasteiger partial charge in [-0.3, -0.25) is 14.4 Å². The lowest BCUT2D eigenvalue weighted by molar-refractivity contribution is -0.116. The largest absolute Gasteiger partial charge is 0.348 e. The molecule has 1 aromatic heterocycles. The van der Waals surface area contributed by atoms with Gasteiger partial charge < -0.3 is 5.32 Å². The second kappa shape index (κ2) is 9.20. The molecule has 27 heavy (non-hydrogen) atoms. The van der Waals surface area contributed by atoms with Gasteiger partial charge in [-0.05, 0) is 50.1 Å². The summed E-state index contributed by atoms with van der Waals surface area (Å²) in [4.78, 5) is 14.7. The van der Waals surface area contributed by atoms with Gasteiger partial charge in [0.15, 0.2) is 0 Å². The first kappa shape index (κ1) is 19.6. The highest BCUT2D eigenvalue weighted by atomic mass is 35.5. The van der Waals surface area contributed by atoms with Gasteiger partial charge in [0.25, 0.3) is 0 Å². The highest BCUT2D eigenvalue weighted by molar-refractivity contribution is 6.31. The standard InChI is InChI=1S/C21H27ClN4O/c1-16-19(21(22)25(2)24-16)10-11-20(27)23-14-17-8-4-5-9-18(17)15-26-12-6-3-7-13-26/h4-5,8-11H,3,6-7,12-15H2,1-2H3,(H,23,27)/b11-10+. The first-order valence-corrected chi connectivity index (χ1v) is 9.86. The summed E-state index contributed by atoms with van der Waals surface area (Å²) in [5.41, 5.74) is 4.04. The second-order valence-electron chi connectivity index (χ2n) is 7.07. The number of benzene rings is 1. The van der Waals surface area contributed by atoms with Gasteiger partial charge in [0.05, 0.1) is 5.69 Å². The number of piperidine rings is 1. The molecule has 1 N–H and O–H groups in total. The summed E-state index contributed by atoms with van der Waals surface area (Å²) in [6.45, 7) is 5.67. The molecular formula is C21H27ClN4O. The van der Waals surface area contributed by atoms with Crippen molar-refractivity contribution >= 4 is 23.6 Å². The molecule has 0 saturated carbocycles. The summed E-state index contributed by atoms with van der Waals surface area (Å²) in [6, 6.07) is 8.34. The second-order valence-corrected chi connectivity index (χ2v) is 7.43. The van der Waals surface area contributed by atoms with Crippen molar-refractivity contribution in [2.45, 2.75) is 39.3 Å². The van der Waals surface area contributed by atoms with Crippen LogP contribution in [0, 0.1) is 6.92 Å². The van der Waals surface area contributed by atoms with Gasteiger partial charge in [-0.25, -0.2) is 0 Å². The maximum Gasteiger partial charge on any atom is 0.244 e. The normalized spacial score (nSPS) is 15.4. The third-order valence-corrected chi connectivity index (χ3v) is 5.46. The quantitative estimate of drug-likeness (QED) is 0.770. The molecular weight excluding hydrogens is 360 g/mol. The number of hydrogen-bond donors (Lipinski definition) is 1. The predicted molar refractivity (Wildman–Crippen MR) is 109 cm³/mol. The number of carbonyl (C=O) groups is 1. The number of rotatable bonds is 6. The number of nitrogens with one attached hydrogen (secondary N) is 1. The van der Waals surface area contributed by atoms with Crippen LogP contribution in [0.2, 0.25) is 5.15 Å². The van der Waals surface area contributed by atoms with Gasteiger partial charge in [-0.15, -0.1) is 0 Å². The highest BCUT2D eigenvalue weighted by Gasteiger charge is 2.13. The number of aryl methyl sites for hydroxylation is 2. The minimum Gasteiger partial charge on any atom is -0.348 e. The van der Waals surface area contributed by atoms with Crippen molar-refractivity contribution in [3.63, 3.8) is 0 Å². The number of nitrogens with zero attached hydrogens (tertiary/aromatic N) is 3. The van der Waals surface area contributed by atoms with Crippen molar-refractivity contribution in [2.24, 2.45) is 7.05 Å². The number of carbonyl (C=O) groups excluding carboxylic acids is 1. The van der Waals surface area contributed by atoms with Crippen molar-refractivity contribution in [1.82, 2.24) is 20.0 Å². The molecule has 1 aliphatic rings. The van der Waals surface area contributed by atoms with Crippen LogP contribution in [0.5, 0.6) is 0 Å². The van der Waals surface area contributed by atoms with Crippen molar-refractivity contribution < 1.29 is 4.79 Å². The van der Waals surface area contributed by atoms with Crippen LogP contribution in [0.25, 0.3) is 6.08 Å². The maximum atomic E-state index is 12.2. The molecule has 2 heterocycles. The molecule has 3 rings (SSSR count). The van der Waals surface area contributed by atoms with Gasteiger partial charge in [-0.2, -0.15) is 5.10 Å². The van der Waals surface area contributed by atoms with E-state index in [0.29, 0.717) is 11.7 Å². The fourth-order valence-corrected chi connectivity index (χ4v) is 3.72. The number of aromatic nitrogens is 2. The van der Waals surface area contributed by atoms with Gasteiger partial charge >= 0.3 is 0 Å². The van der Waals surface area contributed by atoms with E-state index in [1.807, 2.05) is 13.0 Å². The monoisotopic (exact) mass is 386 g/mol. The third-order valence-electron chi connectivity index (χ3n) is 5.01. The van der Waals surface area contributed by atoms with E-state index in [-0.39, 0.29) is 5.91 Å². The lowest BCUT2D eigenvalue weighted by Gasteiger charge is -2.27. The number of halogens is 1. The van der Waals surface area contributed by atoms with E-state index in [1.165, 1.54) is 36.5 Å². The average molecular weight is 387 g/mol. The SMILES string of the molecule is Cc1nn(C)c(Cl)c1/C=C/C(=O)NCc1ccccc1CN1CCCCC1.